The van der Waals surface area contributed by atoms with Crippen LogP contribution in [0.4, 0.5) is 0 Å². The van der Waals surface area contributed by atoms with Gasteiger partial charge in [-0.2, -0.15) is 0 Å². The molecule has 2 aliphatic rings. The standard InChI is InChI=1S/C14H20N4OS.ClH/c19-12-8-16-6-10(12)5-15-7-11-13(9-1-2-9)17-14-18(11)3-4-20-14;/h3-4,9-10,12,15-16,19H,1-2,5-8H2;1H. The number of aliphatic hydroxyl groups excluding tert-OH is 1. The Kier molecular flexibility index (Phi) is 4.51. The van der Waals surface area contributed by atoms with Gasteiger partial charge in [0.15, 0.2) is 4.96 Å². The minimum Gasteiger partial charge on any atom is -0.391 e. The van der Waals surface area contributed by atoms with E-state index in [2.05, 4.69) is 26.6 Å². The first kappa shape index (κ1) is 15.2. The van der Waals surface area contributed by atoms with Crippen LogP contribution in [0.15, 0.2) is 11.6 Å². The third-order valence-corrected chi connectivity index (χ3v) is 5.12. The molecule has 2 aromatic rings. The molecule has 3 N–H and O–H groups in total. The molecule has 0 radical (unpaired) electrons. The fourth-order valence-corrected chi connectivity index (χ4v) is 3.75. The average molecular weight is 329 g/mol. The van der Waals surface area contributed by atoms with Crippen molar-refractivity contribution in [1.82, 2.24) is 20.0 Å². The Hall–Kier alpha value is -0.660. The molecule has 3 heterocycles. The molecule has 4 rings (SSSR count). The topological polar surface area (TPSA) is 61.6 Å². The van der Waals surface area contributed by atoms with Crippen LogP contribution in [0.5, 0.6) is 0 Å². The lowest BCUT2D eigenvalue weighted by molar-refractivity contribution is 0.146. The third-order valence-electron chi connectivity index (χ3n) is 4.36. The quantitative estimate of drug-likeness (QED) is 0.775. The van der Waals surface area contributed by atoms with E-state index in [-0.39, 0.29) is 18.5 Å². The van der Waals surface area contributed by atoms with Gasteiger partial charge in [0.05, 0.1) is 17.5 Å². The highest BCUT2D eigenvalue weighted by molar-refractivity contribution is 7.15. The van der Waals surface area contributed by atoms with Gasteiger partial charge in [-0.25, -0.2) is 4.98 Å². The first-order valence-electron chi connectivity index (χ1n) is 7.37. The second-order valence-electron chi connectivity index (χ2n) is 5.89. The number of nitrogens with zero attached hydrogens (tertiary/aromatic N) is 2. The van der Waals surface area contributed by atoms with E-state index in [1.165, 1.54) is 24.2 Å². The summed E-state index contributed by atoms with van der Waals surface area (Å²) in [7, 11) is 0. The van der Waals surface area contributed by atoms with Gasteiger partial charge < -0.3 is 15.7 Å². The highest BCUT2D eigenvalue weighted by Crippen LogP contribution is 2.41. The Balaban J connectivity index is 0.00000132. The maximum atomic E-state index is 9.82. The maximum Gasteiger partial charge on any atom is 0.194 e. The average Bonchev–Trinajstić information content (AvgIpc) is 2.89. The van der Waals surface area contributed by atoms with Crippen LogP contribution in [0, 0.1) is 5.92 Å². The van der Waals surface area contributed by atoms with Crippen LogP contribution in [0.1, 0.15) is 30.1 Å². The minimum absolute atomic E-state index is 0. The van der Waals surface area contributed by atoms with E-state index < -0.39 is 0 Å². The lowest BCUT2D eigenvalue weighted by atomic mass is 10.1. The SMILES string of the molecule is Cl.OC1CNCC1CNCc1c(C2CC2)nc2sccn12. The van der Waals surface area contributed by atoms with Crippen molar-refractivity contribution in [3.05, 3.63) is 23.0 Å². The van der Waals surface area contributed by atoms with Crippen LogP contribution < -0.4 is 10.6 Å². The Morgan fingerprint density at radius 3 is 3.00 bits per heavy atom. The molecule has 21 heavy (non-hydrogen) atoms. The number of nitrogens with one attached hydrogen (secondary N) is 2. The van der Waals surface area contributed by atoms with Gasteiger partial charge in [-0.15, -0.1) is 23.7 Å². The number of fused-ring (bicyclic) bond motifs is 1. The number of β-amino-alcohol motifs (C(OH)–C–C–N with tert-alkyl or cyclic N) is 1. The van der Waals surface area contributed by atoms with Crippen molar-refractivity contribution in [2.24, 2.45) is 5.92 Å². The summed E-state index contributed by atoms with van der Waals surface area (Å²) in [5.74, 6) is 1.00. The van der Waals surface area contributed by atoms with Crippen molar-refractivity contribution in [3.8, 4) is 0 Å². The predicted octanol–water partition coefficient (Wildman–Crippen LogP) is 1.36. The molecule has 0 spiro atoms. The zero-order valence-corrected chi connectivity index (χ0v) is 13.4. The number of imidazole rings is 1. The smallest absolute Gasteiger partial charge is 0.194 e. The van der Waals surface area contributed by atoms with Crippen molar-refractivity contribution >= 4 is 28.7 Å². The molecule has 0 bridgehead atoms. The van der Waals surface area contributed by atoms with Crippen molar-refractivity contribution in [1.29, 1.82) is 0 Å². The molecular formula is C14H21ClN4OS. The van der Waals surface area contributed by atoms with Crippen LogP contribution in [0.2, 0.25) is 0 Å². The summed E-state index contributed by atoms with van der Waals surface area (Å²) in [4.78, 5) is 5.88. The summed E-state index contributed by atoms with van der Waals surface area (Å²) in [5.41, 5.74) is 2.60. The number of aliphatic hydroxyl groups is 1. The third kappa shape index (κ3) is 2.96. The molecule has 2 fully saturated rings. The summed E-state index contributed by atoms with van der Waals surface area (Å²) in [6, 6.07) is 0. The van der Waals surface area contributed by atoms with Crippen LogP contribution in [-0.4, -0.2) is 40.2 Å². The van der Waals surface area contributed by atoms with Crippen LogP contribution >= 0.6 is 23.7 Å². The second-order valence-corrected chi connectivity index (χ2v) is 6.76. The molecule has 2 aromatic heterocycles. The Morgan fingerprint density at radius 2 is 2.29 bits per heavy atom. The zero-order chi connectivity index (χ0) is 13.5. The fourth-order valence-electron chi connectivity index (χ4n) is 3.01. The zero-order valence-electron chi connectivity index (χ0n) is 11.8. The van der Waals surface area contributed by atoms with E-state index in [4.69, 9.17) is 4.98 Å². The van der Waals surface area contributed by atoms with Crippen molar-refractivity contribution in [2.75, 3.05) is 19.6 Å². The Bertz CT molecular complexity index is 609. The van der Waals surface area contributed by atoms with Crippen LogP contribution in [0.25, 0.3) is 4.96 Å². The second kappa shape index (κ2) is 6.22. The minimum atomic E-state index is -0.211. The fraction of sp³-hybridized carbons (Fsp3) is 0.643. The van der Waals surface area contributed by atoms with Gasteiger partial charge >= 0.3 is 0 Å². The maximum absolute atomic E-state index is 9.82. The molecule has 1 saturated carbocycles. The summed E-state index contributed by atoms with van der Waals surface area (Å²) in [6.07, 6.45) is 4.46. The lowest BCUT2D eigenvalue weighted by Crippen LogP contribution is -2.30. The number of rotatable bonds is 5. The van der Waals surface area contributed by atoms with Gasteiger partial charge in [-0.1, -0.05) is 0 Å². The molecule has 116 valence electrons. The molecule has 0 aromatic carbocycles. The van der Waals surface area contributed by atoms with Gasteiger partial charge in [0.1, 0.15) is 0 Å². The number of thiazole rings is 1. The first-order valence-corrected chi connectivity index (χ1v) is 8.24. The summed E-state index contributed by atoms with van der Waals surface area (Å²) >= 11 is 1.70. The van der Waals surface area contributed by atoms with Gasteiger partial charge in [0, 0.05) is 49.6 Å². The largest absolute Gasteiger partial charge is 0.391 e. The van der Waals surface area contributed by atoms with Gasteiger partial charge in [-0.3, -0.25) is 4.40 Å². The molecule has 2 unspecified atom stereocenters. The molecule has 5 nitrogen and oxygen atoms in total. The molecular weight excluding hydrogens is 308 g/mol. The number of aromatic nitrogens is 2. The van der Waals surface area contributed by atoms with Crippen LogP contribution in [0.3, 0.4) is 0 Å². The van der Waals surface area contributed by atoms with Crippen LogP contribution in [-0.2, 0) is 6.54 Å². The highest BCUT2D eigenvalue weighted by Gasteiger charge is 2.30. The van der Waals surface area contributed by atoms with Gasteiger partial charge in [0.25, 0.3) is 0 Å². The molecule has 1 saturated heterocycles. The van der Waals surface area contributed by atoms with Gasteiger partial charge in [-0.05, 0) is 12.8 Å². The summed E-state index contributed by atoms with van der Waals surface area (Å²) in [5, 5.41) is 18.6. The van der Waals surface area contributed by atoms with E-state index in [9.17, 15) is 5.11 Å². The van der Waals surface area contributed by atoms with E-state index in [0.717, 1.165) is 31.1 Å². The summed E-state index contributed by atoms with van der Waals surface area (Å²) in [6.45, 7) is 3.33. The first-order chi connectivity index (χ1) is 9.83. The normalized spacial score (nSPS) is 25.4. The van der Waals surface area contributed by atoms with E-state index in [1.807, 2.05) is 0 Å². The molecule has 7 heteroatoms. The van der Waals surface area contributed by atoms with Gasteiger partial charge in [0.2, 0.25) is 0 Å². The monoisotopic (exact) mass is 328 g/mol. The molecule has 1 aliphatic carbocycles. The Labute approximate surface area is 134 Å². The molecule has 1 aliphatic heterocycles. The number of hydrogen-bond donors (Lipinski definition) is 3. The summed E-state index contributed by atoms with van der Waals surface area (Å²) < 4.78 is 2.22. The Morgan fingerprint density at radius 1 is 1.43 bits per heavy atom. The predicted molar refractivity (Wildman–Crippen MR) is 86.4 cm³/mol. The highest BCUT2D eigenvalue weighted by atomic mass is 35.5. The van der Waals surface area contributed by atoms with E-state index >= 15 is 0 Å². The van der Waals surface area contributed by atoms with Crippen molar-refractivity contribution in [3.63, 3.8) is 0 Å². The van der Waals surface area contributed by atoms with Crippen molar-refractivity contribution < 1.29 is 5.11 Å². The number of hydrogen-bond acceptors (Lipinski definition) is 5. The van der Waals surface area contributed by atoms with E-state index in [1.54, 1.807) is 11.3 Å². The number of halogens is 1. The molecule has 0 amide bonds. The lowest BCUT2D eigenvalue weighted by Gasteiger charge is -2.14. The van der Waals surface area contributed by atoms with E-state index in [0.29, 0.717) is 11.8 Å². The molecule has 2 atom stereocenters. The van der Waals surface area contributed by atoms with Crippen molar-refractivity contribution in [2.45, 2.75) is 31.4 Å².